The molecule has 5 rings (SSSR count). The lowest BCUT2D eigenvalue weighted by Gasteiger charge is -2.52. The van der Waals surface area contributed by atoms with Gasteiger partial charge in [0.1, 0.15) is 11.9 Å². The molecule has 0 radical (unpaired) electrons. The van der Waals surface area contributed by atoms with E-state index in [4.69, 9.17) is 9.47 Å². The maximum Gasteiger partial charge on any atom is 0.407 e. The first-order valence-corrected chi connectivity index (χ1v) is 13.8. The van der Waals surface area contributed by atoms with Crippen molar-refractivity contribution in [2.24, 2.45) is 29.1 Å². The molecule has 1 amide bonds. The molecular formula is C31H37FN2O4. The summed E-state index contributed by atoms with van der Waals surface area (Å²) in [6, 6.07) is 10.4. The van der Waals surface area contributed by atoms with Gasteiger partial charge in [-0.05, 0) is 86.6 Å². The number of alkyl carbamates (subject to hydrolysis) is 1. The average molecular weight is 521 g/mol. The first kappa shape index (κ1) is 26.4. The third kappa shape index (κ3) is 5.07. The maximum atomic E-state index is 13.6. The van der Waals surface area contributed by atoms with Crippen molar-refractivity contribution in [1.82, 2.24) is 10.3 Å². The van der Waals surface area contributed by atoms with Gasteiger partial charge in [0.2, 0.25) is 0 Å². The molecule has 3 aliphatic rings. The molecule has 1 aromatic heterocycles. The predicted octanol–water partition coefficient (Wildman–Crippen LogP) is 6.41. The topological polar surface area (TPSA) is 77.5 Å². The van der Waals surface area contributed by atoms with Gasteiger partial charge in [-0.2, -0.15) is 0 Å². The molecule has 1 aromatic carbocycles. The molecule has 2 heterocycles. The van der Waals surface area contributed by atoms with Crippen molar-refractivity contribution < 1.29 is 23.5 Å². The number of carbonyl (C=O) groups is 2. The summed E-state index contributed by atoms with van der Waals surface area (Å²) < 4.78 is 24.7. The summed E-state index contributed by atoms with van der Waals surface area (Å²) in [5, 5.41) is 3.04. The highest BCUT2D eigenvalue weighted by Crippen LogP contribution is 2.60. The number of carbonyl (C=O) groups excluding carboxylic acids is 2. The lowest BCUT2D eigenvalue weighted by molar-refractivity contribution is -0.144. The fourth-order valence-corrected chi connectivity index (χ4v) is 7.00. The maximum absolute atomic E-state index is 13.6. The number of ether oxygens (including phenoxy) is 2. The van der Waals surface area contributed by atoms with Gasteiger partial charge in [0.25, 0.3) is 0 Å². The van der Waals surface area contributed by atoms with E-state index in [0.717, 1.165) is 48.9 Å². The van der Waals surface area contributed by atoms with Crippen LogP contribution in [0.25, 0.3) is 17.2 Å². The summed E-state index contributed by atoms with van der Waals surface area (Å²) in [5.41, 5.74) is 2.17. The van der Waals surface area contributed by atoms with E-state index in [1.807, 2.05) is 38.1 Å². The van der Waals surface area contributed by atoms with Gasteiger partial charge in [-0.15, -0.1) is 0 Å². The number of hydrogen-bond donors (Lipinski definition) is 1. The normalized spacial score (nSPS) is 32.4. The van der Waals surface area contributed by atoms with Crippen LogP contribution in [-0.4, -0.2) is 35.8 Å². The highest BCUT2D eigenvalue weighted by atomic mass is 19.1. The average Bonchev–Trinajstić information content (AvgIpc) is 3.13. The van der Waals surface area contributed by atoms with Crippen LogP contribution in [0.3, 0.4) is 0 Å². The molecule has 38 heavy (non-hydrogen) atoms. The number of allylic oxidation sites excluding steroid dienone is 1. The third-order valence-electron chi connectivity index (χ3n) is 9.14. The SMILES string of the molecule is CCCOC(=O)N[C@@H]1CC[C@H]2[C@@H](C1)C[C@H]1C(=O)O[C@@H](C)[C@]1(C)[C@H]2/C=C/c1ccc(-c2cccc(F)c2)cn1. The molecule has 3 fully saturated rings. The molecule has 1 saturated heterocycles. The third-order valence-corrected chi connectivity index (χ3v) is 9.14. The van der Waals surface area contributed by atoms with Crippen LogP contribution in [0.1, 0.15) is 58.6 Å². The Kier molecular flexibility index (Phi) is 7.55. The summed E-state index contributed by atoms with van der Waals surface area (Å²) in [5.74, 6) is 0.306. The van der Waals surface area contributed by atoms with E-state index in [2.05, 4.69) is 23.3 Å². The van der Waals surface area contributed by atoms with E-state index in [1.54, 1.807) is 12.3 Å². The van der Waals surface area contributed by atoms with Gasteiger partial charge in [-0.25, -0.2) is 9.18 Å². The molecule has 0 bridgehead atoms. The molecule has 1 N–H and O–H groups in total. The van der Waals surface area contributed by atoms with Crippen molar-refractivity contribution in [3.63, 3.8) is 0 Å². The number of amides is 1. The molecule has 6 nitrogen and oxygen atoms in total. The van der Waals surface area contributed by atoms with E-state index < -0.39 is 0 Å². The number of hydrogen-bond acceptors (Lipinski definition) is 5. The number of nitrogens with zero attached hydrogens (tertiary/aromatic N) is 1. The molecule has 0 unspecified atom stereocenters. The number of esters is 1. The van der Waals surface area contributed by atoms with Crippen molar-refractivity contribution in [3.05, 3.63) is 60.2 Å². The summed E-state index contributed by atoms with van der Waals surface area (Å²) in [6.07, 6.45) is 9.80. The predicted molar refractivity (Wildman–Crippen MR) is 143 cm³/mol. The van der Waals surface area contributed by atoms with Gasteiger partial charge >= 0.3 is 12.1 Å². The Balaban J connectivity index is 1.36. The zero-order valence-electron chi connectivity index (χ0n) is 22.4. The van der Waals surface area contributed by atoms with Crippen LogP contribution in [0.15, 0.2) is 48.7 Å². The molecular weight excluding hydrogens is 483 g/mol. The van der Waals surface area contributed by atoms with Gasteiger partial charge in [-0.3, -0.25) is 9.78 Å². The van der Waals surface area contributed by atoms with Gasteiger partial charge in [0, 0.05) is 23.2 Å². The molecule has 2 aliphatic carbocycles. The Labute approximate surface area is 224 Å². The minimum absolute atomic E-state index is 0.0569. The fraction of sp³-hybridized carbons (Fsp3) is 0.516. The number of rotatable bonds is 6. The number of cyclic esters (lactones) is 1. The van der Waals surface area contributed by atoms with Crippen molar-refractivity contribution in [2.75, 3.05) is 6.61 Å². The van der Waals surface area contributed by atoms with Crippen molar-refractivity contribution >= 4 is 18.1 Å². The Bertz CT molecular complexity index is 1200. The van der Waals surface area contributed by atoms with Crippen molar-refractivity contribution in [1.29, 1.82) is 0 Å². The van der Waals surface area contributed by atoms with Crippen LogP contribution < -0.4 is 5.32 Å². The van der Waals surface area contributed by atoms with Crippen molar-refractivity contribution in [3.8, 4) is 11.1 Å². The zero-order chi connectivity index (χ0) is 26.9. The number of benzene rings is 1. The number of halogens is 1. The lowest BCUT2D eigenvalue weighted by atomic mass is 9.50. The number of fused-ring (bicyclic) bond motifs is 2. The van der Waals surface area contributed by atoms with Gasteiger partial charge in [-0.1, -0.05) is 38.1 Å². The minimum atomic E-state index is -0.353. The van der Waals surface area contributed by atoms with Crippen LogP contribution >= 0.6 is 0 Å². The quantitative estimate of drug-likeness (QED) is 0.446. The Morgan fingerprint density at radius 1 is 1.24 bits per heavy atom. The number of nitrogens with one attached hydrogen (secondary N) is 1. The van der Waals surface area contributed by atoms with E-state index in [0.29, 0.717) is 18.4 Å². The molecule has 2 aromatic rings. The van der Waals surface area contributed by atoms with Crippen LogP contribution in [0.5, 0.6) is 0 Å². The summed E-state index contributed by atoms with van der Waals surface area (Å²) in [7, 11) is 0. The van der Waals surface area contributed by atoms with Crippen LogP contribution in [-0.2, 0) is 14.3 Å². The molecule has 1 aliphatic heterocycles. The lowest BCUT2D eigenvalue weighted by Crippen LogP contribution is -2.53. The van der Waals surface area contributed by atoms with Crippen molar-refractivity contribution in [2.45, 2.75) is 65.0 Å². The van der Waals surface area contributed by atoms with Crippen LogP contribution in [0.4, 0.5) is 9.18 Å². The molecule has 7 heteroatoms. The smallest absolute Gasteiger partial charge is 0.407 e. The Hall–Kier alpha value is -3.22. The summed E-state index contributed by atoms with van der Waals surface area (Å²) >= 11 is 0. The highest BCUT2D eigenvalue weighted by Gasteiger charge is 2.62. The van der Waals surface area contributed by atoms with Crippen LogP contribution in [0.2, 0.25) is 0 Å². The summed E-state index contributed by atoms with van der Waals surface area (Å²) in [4.78, 5) is 29.7. The van der Waals surface area contributed by atoms with E-state index in [1.165, 1.54) is 12.1 Å². The van der Waals surface area contributed by atoms with Gasteiger partial charge in [0.05, 0.1) is 18.2 Å². The van der Waals surface area contributed by atoms with E-state index in [9.17, 15) is 14.0 Å². The molecule has 0 spiro atoms. The Morgan fingerprint density at radius 3 is 2.82 bits per heavy atom. The molecule has 7 atom stereocenters. The first-order valence-electron chi connectivity index (χ1n) is 13.8. The van der Waals surface area contributed by atoms with E-state index in [-0.39, 0.29) is 47.3 Å². The second kappa shape index (κ2) is 10.9. The van der Waals surface area contributed by atoms with E-state index >= 15 is 0 Å². The highest BCUT2D eigenvalue weighted by molar-refractivity contribution is 5.77. The number of aromatic nitrogens is 1. The standard InChI is InChI=1S/C31H37FN2O4/c1-4-14-37-30(36)34-25-10-12-26-22(16-25)17-28-29(35)38-19(2)31(28,3)27(26)13-11-24-9-8-21(18-33-24)20-6-5-7-23(32)15-20/h5-9,11,13,15,18-19,22,25-28H,4,10,12,14,16-17H2,1-3H3,(H,34,36)/b13-11+/t19-,22-,25+,26-,27-,28-,31+/m0/s1. The summed E-state index contributed by atoms with van der Waals surface area (Å²) in [6.45, 7) is 6.60. The minimum Gasteiger partial charge on any atom is -0.462 e. The van der Waals surface area contributed by atoms with Crippen LogP contribution in [0, 0.1) is 34.9 Å². The monoisotopic (exact) mass is 520 g/mol. The Morgan fingerprint density at radius 2 is 2.08 bits per heavy atom. The second-order valence-corrected chi connectivity index (χ2v) is 11.3. The van der Waals surface area contributed by atoms with Gasteiger partial charge in [0.15, 0.2) is 0 Å². The number of pyridine rings is 1. The molecule has 2 saturated carbocycles. The van der Waals surface area contributed by atoms with Gasteiger partial charge < -0.3 is 14.8 Å². The zero-order valence-corrected chi connectivity index (χ0v) is 22.4. The second-order valence-electron chi connectivity index (χ2n) is 11.3. The molecule has 202 valence electrons. The first-order chi connectivity index (χ1) is 18.3. The fourth-order valence-electron chi connectivity index (χ4n) is 7.00. The largest absolute Gasteiger partial charge is 0.462 e.